The fourth-order valence-corrected chi connectivity index (χ4v) is 1.95. The van der Waals surface area contributed by atoms with Gasteiger partial charge in [0.05, 0.1) is 17.4 Å². The van der Waals surface area contributed by atoms with Gasteiger partial charge >= 0.3 is 0 Å². The van der Waals surface area contributed by atoms with Gasteiger partial charge in [0, 0.05) is 27.1 Å². The number of fused-ring (bicyclic) bond motifs is 1. The second kappa shape index (κ2) is 4.65. The van der Waals surface area contributed by atoms with E-state index in [1.54, 1.807) is 19.0 Å². The van der Waals surface area contributed by atoms with Crippen LogP contribution in [0, 0.1) is 6.92 Å². The minimum Gasteiger partial charge on any atom is -0.381 e. The van der Waals surface area contributed by atoms with Gasteiger partial charge in [0.2, 0.25) is 5.91 Å². The number of carbonyl (C=O) groups is 1. The third-order valence-corrected chi connectivity index (χ3v) is 2.99. The molecular formula is C13H19N3O. The van der Waals surface area contributed by atoms with E-state index in [2.05, 4.69) is 35.8 Å². The highest BCUT2D eigenvalue weighted by atomic mass is 16.2. The molecule has 4 heteroatoms. The first kappa shape index (κ1) is 11.8. The lowest BCUT2D eigenvalue weighted by Crippen LogP contribution is -2.37. The van der Waals surface area contributed by atoms with Crippen molar-refractivity contribution in [3.63, 3.8) is 0 Å². The Morgan fingerprint density at radius 2 is 2.18 bits per heavy atom. The van der Waals surface area contributed by atoms with Gasteiger partial charge in [-0.2, -0.15) is 0 Å². The third kappa shape index (κ3) is 2.70. The van der Waals surface area contributed by atoms with Gasteiger partial charge in [0.15, 0.2) is 0 Å². The summed E-state index contributed by atoms with van der Waals surface area (Å²) >= 11 is 0. The maximum Gasteiger partial charge on any atom is 0.224 e. The lowest BCUT2D eigenvalue weighted by Gasteiger charge is -2.29. The highest BCUT2D eigenvalue weighted by molar-refractivity contribution is 5.78. The van der Waals surface area contributed by atoms with Gasteiger partial charge in [-0.15, -0.1) is 0 Å². The van der Waals surface area contributed by atoms with Gasteiger partial charge in [0.1, 0.15) is 0 Å². The number of anilines is 2. The van der Waals surface area contributed by atoms with Crippen LogP contribution in [0.5, 0.6) is 0 Å². The number of nitrogens with one attached hydrogen (secondary N) is 2. The molecule has 1 atom stereocenters. The molecule has 4 nitrogen and oxygen atoms in total. The van der Waals surface area contributed by atoms with Crippen LogP contribution in [0.3, 0.4) is 0 Å². The molecule has 0 saturated carbocycles. The standard InChI is InChI=1S/C13H19N3O/c1-9-4-5-11-12(6-9)14-8-10(15-11)7-13(17)16(2)3/h4-6,10,14-15H,7-8H2,1-3H3/t10-/m0/s1. The number of amides is 1. The molecule has 0 saturated heterocycles. The normalized spacial score (nSPS) is 17.7. The van der Waals surface area contributed by atoms with Crippen LogP contribution in [0.4, 0.5) is 11.4 Å². The lowest BCUT2D eigenvalue weighted by molar-refractivity contribution is -0.128. The van der Waals surface area contributed by atoms with Crippen LogP contribution in [-0.4, -0.2) is 37.5 Å². The SMILES string of the molecule is Cc1ccc2c(c1)NC[C@H](CC(=O)N(C)C)N2. The molecule has 0 bridgehead atoms. The number of hydrogen-bond donors (Lipinski definition) is 2. The summed E-state index contributed by atoms with van der Waals surface area (Å²) in [4.78, 5) is 13.3. The van der Waals surface area contributed by atoms with Gasteiger partial charge in [-0.25, -0.2) is 0 Å². The molecule has 92 valence electrons. The second-order valence-corrected chi connectivity index (χ2v) is 4.76. The topological polar surface area (TPSA) is 44.4 Å². The van der Waals surface area contributed by atoms with Crippen LogP contribution in [0.2, 0.25) is 0 Å². The van der Waals surface area contributed by atoms with Gasteiger partial charge in [-0.1, -0.05) is 6.07 Å². The van der Waals surface area contributed by atoms with Crippen LogP contribution < -0.4 is 10.6 Å². The Morgan fingerprint density at radius 1 is 1.41 bits per heavy atom. The Bertz CT molecular complexity index is 429. The van der Waals surface area contributed by atoms with Crippen molar-refractivity contribution in [1.82, 2.24) is 4.90 Å². The molecule has 2 N–H and O–H groups in total. The first-order valence-electron chi connectivity index (χ1n) is 5.87. The molecule has 0 spiro atoms. The Labute approximate surface area is 102 Å². The Morgan fingerprint density at radius 3 is 2.88 bits per heavy atom. The van der Waals surface area contributed by atoms with Gasteiger partial charge in [-0.3, -0.25) is 4.79 Å². The molecule has 1 aliphatic rings. The Kier molecular flexibility index (Phi) is 3.22. The number of carbonyl (C=O) groups excluding carboxylic acids is 1. The van der Waals surface area contributed by atoms with Crippen LogP contribution in [-0.2, 0) is 4.79 Å². The summed E-state index contributed by atoms with van der Waals surface area (Å²) in [5.41, 5.74) is 3.44. The predicted molar refractivity (Wildman–Crippen MR) is 70.4 cm³/mol. The van der Waals surface area contributed by atoms with E-state index in [9.17, 15) is 4.79 Å². The minimum atomic E-state index is 0.153. The average molecular weight is 233 g/mol. The predicted octanol–water partition coefficient (Wildman–Crippen LogP) is 1.68. The summed E-state index contributed by atoms with van der Waals surface area (Å²) in [6, 6.07) is 6.42. The van der Waals surface area contributed by atoms with Crippen molar-refractivity contribution < 1.29 is 4.79 Å². The van der Waals surface area contributed by atoms with Crippen molar-refractivity contribution >= 4 is 17.3 Å². The van der Waals surface area contributed by atoms with Crippen LogP contribution >= 0.6 is 0 Å². The van der Waals surface area contributed by atoms with E-state index in [0.29, 0.717) is 6.42 Å². The van der Waals surface area contributed by atoms with E-state index in [4.69, 9.17) is 0 Å². The zero-order chi connectivity index (χ0) is 12.4. The molecule has 0 fully saturated rings. The molecule has 1 heterocycles. The highest BCUT2D eigenvalue weighted by Gasteiger charge is 2.20. The smallest absolute Gasteiger partial charge is 0.224 e. The van der Waals surface area contributed by atoms with E-state index in [1.165, 1.54) is 5.56 Å². The van der Waals surface area contributed by atoms with E-state index in [1.807, 2.05) is 0 Å². The third-order valence-electron chi connectivity index (χ3n) is 2.99. The van der Waals surface area contributed by atoms with E-state index in [0.717, 1.165) is 17.9 Å². The molecule has 1 aromatic carbocycles. The number of nitrogens with zero attached hydrogens (tertiary/aromatic N) is 1. The number of rotatable bonds is 2. The van der Waals surface area contributed by atoms with Crippen molar-refractivity contribution in [3.8, 4) is 0 Å². The summed E-state index contributed by atoms with van der Waals surface area (Å²) in [5, 5.41) is 6.76. The van der Waals surface area contributed by atoms with Gasteiger partial charge < -0.3 is 15.5 Å². The molecule has 1 aliphatic heterocycles. The number of hydrogen-bond acceptors (Lipinski definition) is 3. The van der Waals surface area contributed by atoms with Crippen LogP contribution in [0.15, 0.2) is 18.2 Å². The maximum absolute atomic E-state index is 11.6. The first-order valence-corrected chi connectivity index (χ1v) is 5.87. The Balaban J connectivity index is 2.04. The molecule has 17 heavy (non-hydrogen) atoms. The second-order valence-electron chi connectivity index (χ2n) is 4.76. The summed E-state index contributed by atoms with van der Waals surface area (Å²) in [6.45, 7) is 2.86. The largest absolute Gasteiger partial charge is 0.381 e. The number of benzene rings is 1. The monoisotopic (exact) mass is 233 g/mol. The van der Waals surface area contributed by atoms with Gasteiger partial charge in [-0.05, 0) is 24.6 Å². The van der Waals surface area contributed by atoms with Gasteiger partial charge in [0.25, 0.3) is 0 Å². The quantitative estimate of drug-likeness (QED) is 0.817. The number of aryl methyl sites for hydroxylation is 1. The molecule has 2 rings (SSSR count). The molecule has 1 amide bonds. The van der Waals surface area contributed by atoms with Crippen LogP contribution in [0.1, 0.15) is 12.0 Å². The van der Waals surface area contributed by atoms with Crippen molar-refractivity contribution in [1.29, 1.82) is 0 Å². The Hall–Kier alpha value is -1.71. The zero-order valence-electron chi connectivity index (χ0n) is 10.6. The fraction of sp³-hybridized carbons (Fsp3) is 0.462. The zero-order valence-corrected chi connectivity index (χ0v) is 10.6. The van der Waals surface area contributed by atoms with Crippen molar-refractivity contribution in [3.05, 3.63) is 23.8 Å². The summed E-state index contributed by atoms with van der Waals surface area (Å²) in [6.07, 6.45) is 0.521. The van der Waals surface area contributed by atoms with Crippen molar-refractivity contribution in [2.75, 3.05) is 31.3 Å². The summed E-state index contributed by atoms with van der Waals surface area (Å²) in [7, 11) is 3.58. The molecule has 0 aliphatic carbocycles. The van der Waals surface area contributed by atoms with Crippen molar-refractivity contribution in [2.45, 2.75) is 19.4 Å². The molecule has 0 unspecified atom stereocenters. The molecule has 0 radical (unpaired) electrons. The van der Waals surface area contributed by atoms with E-state index in [-0.39, 0.29) is 11.9 Å². The summed E-state index contributed by atoms with van der Waals surface area (Å²) < 4.78 is 0. The van der Waals surface area contributed by atoms with Crippen molar-refractivity contribution in [2.24, 2.45) is 0 Å². The van der Waals surface area contributed by atoms with E-state index < -0.39 is 0 Å². The average Bonchev–Trinajstić information content (AvgIpc) is 2.29. The molecular weight excluding hydrogens is 214 g/mol. The fourth-order valence-electron chi connectivity index (χ4n) is 1.95. The highest BCUT2D eigenvalue weighted by Crippen LogP contribution is 2.27. The summed E-state index contributed by atoms with van der Waals surface area (Å²) in [5.74, 6) is 0.153. The maximum atomic E-state index is 11.6. The van der Waals surface area contributed by atoms with Crippen LogP contribution in [0.25, 0.3) is 0 Å². The first-order chi connectivity index (χ1) is 8.06. The minimum absolute atomic E-state index is 0.153. The molecule has 1 aromatic rings. The van der Waals surface area contributed by atoms with E-state index >= 15 is 0 Å². The molecule has 0 aromatic heterocycles. The lowest BCUT2D eigenvalue weighted by atomic mass is 10.1.